The number of amides is 1. The molecule has 1 fully saturated rings. The van der Waals surface area contributed by atoms with Crippen molar-refractivity contribution >= 4 is 5.91 Å². The fourth-order valence-corrected chi connectivity index (χ4v) is 1.58. The minimum absolute atomic E-state index is 0.189. The lowest BCUT2D eigenvalue weighted by molar-refractivity contribution is -0.118. The van der Waals surface area contributed by atoms with Crippen LogP contribution >= 0.6 is 0 Å². The van der Waals surface area contributed by atoms with Gasteiger partial charge in [-0.25, -0.2) is 0 Å². The second-order valence-electron chi connectivity index (χ2n) is 3.33. The van der Waals surface area contributed by atoms with Crippen molar-refractivity contribution in [2.24, 2.45) is 11.7 Å². The average Bonchev–Trinajstić information content (AvgIpc) is 2.31. The average molecular weight is 156 g/mol. The molecule has 3 nitrogen and oxygen atoms in total. The molecule has 1 rings (SSSR count). The van der Waals surface area contributed by atoms with Crippen LogP contribution in [0.15, 0.2) is 0 Å². The summed E-state index contributed by atoms with van der Waals surface area (Å²) in [6.07, 6.45) is 2.64. The number of hydrogen-bond donors (Lipinski definition) is 2. The Hall–Kier alpha value is -0.570. The molecule has 1 saturated heterocycles. The Balaban J connectivity index is 2.20. The van der Waals surface area contributed by atoms with Crippen LogP contribution in [0.25, 0.3) is 0 Å². The Morgan fingerprint density at radius 3 is 2.91 bits per heavy atom. The van der Waals surface area contributed by atoms with Crippen molar-refractivity contribution in [3.8, 4) is 0 Å². The van der Waals surface area contributed by atoms with Gasteiger partial charge in [0.2, 0.25) is 5.91 Å². The Bertz CT molecular complexity index is 147. The van der Waals surface area contributed by atoms with Crippen molar-refractivity contribution in [2.45, 2.75) is 32.2 Å². The molecule has 11 heavy (non-hydrogen) atoms. The van der Waals surface area contributed by atoms with Crippen molar-refractivity contribution in [2.75, 3.05) is 6.54 Å². The van der Waals surface area contributed by atoms with Gasteiger partial charge in [-0.3, -0.25) is 4.79 Å². The number of rotatable bonds is 3. The molecule has 3 N–H and O–H groups in total. The fourth-order valence-electron chi connectivity index (χ4n) is 1.58. The van der Waals surface area contributed by atoms with E-state index in [9.17, 15) is 4.79 Å². The molecule has 2 unspecified atom stereocenters. The molecule has 0 spiro atoms. The Labute approximate surface area is 67.3 Å². The predicted molar refractivity (Wildman–Crippen MR) is 44.0 cm³/mol. The summed E-state index contributed by atoms with van der Waals surface area (Å²) in [5.41, 5.74) is 5.05. The number of carbonyl (C=O) groups is 1. The van der Waals surface area contributed by atoms with Crippen LogP contribution in [0.5, 0.6) is 0 Å². The first-order chi connectivity index (χ1) is 5.20. The van der Waals surface area contributed by atoms with E-state index in [1.54, 1.807) is 0 Å². The summed E-state index contributed by atoms with van der Waals surface area (Å²) >= 11 is 0. The summed E-state index contributed by atoms with van der Waals surface area (Å²) in [6.45, 7) is 3.30. The van der Waals surface area contributed by atoms with E-state index in [-0.39, 0.29) is 5.91 Å². The summed E-state index contributed by atoms with van der Waals surface area (Å²) < 4.78 is 0. The van der Waals surface area contributed by atoms with Gasteiger partial charge in [-0.2, -0.15) is 0 Å². The maximum atomic E-state index is 10.5. The second kappa shape index (κ2) is 3.72. The van der Waals surface area contributed by atoms with Gasteiger partial charge < -0.3 is 11.1 Å². The van der Waals surface area contributed by atoms with E-state index in [1.165, 1.54) is 6.42 Å². The van der Waals surface area contributed by atoms with Gasteiger partial charge in [0.1, 0.15) is 0 Å². The first-order valence-corrected chi connectivity index (χ1v) is 4.22. The van der Waals surface area contributed by atoms with Crippen molar-refractivity contribution < 1.29 is 4.79 Å². The van der Waals surface area contributed by atoms with E-state index in [2.05, 4.69) is 12.2 Å². The number of carbonyl (C=O) groups excluding carboxylic acids is 1. The van der Waals surface area contributed by atoms with Crippen LogP contribution in [0.2, 0.25) is 0 Å². The van der Waals surface area contributed by atoms with Crippen molar-refractivity contribution in [1.82, 2.24) is 5.32 Å². The molecule has 0 aromatic heterocycles. The van der Waals surface area contributed by atoms with Gasteiger partial charge in [-0.05, 0) is 25.3 Å². The summed E-state index contributed by atoms with van der Waals surface area (Å²) in [7, 11) is 0. The minimum Gasteiger partial charge on any atom is -0.370 e. The van der Waals surface area contributed by atoms with Gasteiger partial charge in [-0.1, -0.05) is 6.92 Å². The molecule has 0 bridgehead atoms. The highest BCUT2D eigenvalue weighted by Gasteiger charge is 2.22. The van der Waals surface area contributed by atoms with E-state index in [0.29, 0.717) is 18.4 Å². The second-order valence-corrected chi connectivity index (χ2v) is 3.33. The largest absolute Gasteiger partial charge is 0.370 e. The fraction of sp³-hybridized carbons (Fsp3) is 0.875. The van der Waals surface area contributed by atoms with E-state index in [0.717, 1.165) is 13.0 Å². The van der Waals surface area contributed by atoms with E-state index in [1.807, 2.05) is 0 Å². The highest BCUT2D eigenvalue weighted by Crippen LogP contribution is 2.17. The lowest BCUT2D eigenvalue weighted by atomic mass is 9.99. The van der Waals surface area contributed by atoms with Crippen LogP contribution in [-0.4, -0.2) is 18.5 Å². The molecule has 0 aromatic carbocycles. The molecule has 3 heteroatoms. The SMILES string of the molecule is CC1CCNC1CCC(N)=O. The monoisotopic (exact) mass is 156 g/mol. The van der Waals surface area contributed by atoms with Gasteiger partial charge in [0.05, 0.1) is 0 Å². The molecule has 2 atom stereocenters. The minimum atomic E-state index is -0.189. The molecule has 0 saturated carbocycles. The van der Waals surface area contributed by atoms with Crippen molar-refractivity contribution in [1.29, 1.82) is 0 Å². The standard InChI is InChI=1S/C8H16N2O/c1-6-4-5-10-7(6)2-3-8(9)11/h6-7,10H,2-5H2,1H3,(H2,9,11). The quantitative estimate of drug-likeness (QED) is 0.615. The lowest BCUT2D eigenvalue weighted by Crippen LogP contribution is -2.27. The maximum absolute atomic E-state index is 10.5. The zero-order chi connectivity index (χ0) is 8.27. The maximum Gasteiger partial charge on any atom is 0.217 e. The number of primary amides is 1. The summed E-state index contributed by atoms with van der Waals surface area (Å²) in [5, 5.41) is 3.35. The van der Waals surface area contributed by atoms with Gasteiger partial charge in [0, 0.05) is 12.5 Å². The first-order valence-electron chi connectivity index (χ1n) is 4.22. The van der Waals surface area contributed by atoms with Crippen LogP contribution < -0.4 is 11.1 Å². The molecule has 1 aliphatic heterocycles. The number of nitrogens with two attached hydrogens (primary N) is 1. The summed E-state index contributed by atoms with van der Waals surface area (Å²) in [6, 6.07) is 0.516. The van der Waals surface area contributed by atoms with Crippen molar-refractivity contribution in [3.05, 3.63) is 0 Å². The van der Waals surface area contributed by atoms with E-state index >= 15 is 0 Å². The van der Waals surface area contributed by atoms with E-state index < -0.39 is 0 Å². The zero-order valence-electron chi connectivity index (χ0n) is 6.97. The predicted octanol–water partition coefficient (Wildman–Crippen LogP) is 0.250. The normalized spacial score (nSPS) is 30.6. The van der Waals surface area contributed by atoms with Gasteiger partial charge in [-0.15, -0.1) is 0 Å². The van der Waals surface area contributed by atoms with Crippen LogP contribution in [0.3, 0.4) is 0 Å². The van der Waals surface area contributed by atoms with Crippen molar-refractivity contribution in [3.63, 3.8) is 0 Å². The molecular formula is C8H16N2O. The molecule has 0 aliphatic carbocycles. The molecule has 0 radical (unpaired) electrons. The highest BCUT2D eigenvalue weighted by molar-refractivity contribution is 5.73. The molecule has 64 valence electrons. The van der Waals surface area contributed by atoms with Gasteiger partial charge in [0.25, 0.3) is 0 Å². The first kappa shape index (κ1) is 8.53. The molecule has 1 heterocycles. The van der Waals surface area contributed by atoms with Crippen LogP contribution in [-0.2, 0) is 4.79 Å². The van der Waals surface area contributed by atoms with Crippen LogP contribution in [0, 0.1) is 5.92 Å². The van der Waals surface area contributed by atoms with Crippen LogP contribution in [0.1, 0.15) is 26.2 Å². The summed E-state index contributed by atoms with van der Waals surface area (Å²) in [5.74, 6) is 0.514. The smallest absolute Gasteiger partial charge is 0.217 e. The van der Waals surface area contributed by atoms with Crippen LogP contribution in [0.4, 0.5) is 0 Å². The van der Waals surface area contributed by atoms with Gasteiger partial charge >= 0.3 is 0 Å². The number of hydrogen-bond acceptors (Lipinski definition) is 2. The molecule has 1 amide bonds. The Kier molecular flexibility index (Phi) is 2.88. The topological polar surface area (TPSA) is 55.1 Å². The molecule has 0 aromatic rings. The lowest BCUT2D eigenvalue weighted by Gasteiger charge is -2.13. The molecular weight excluding hydrogens is 140 g/mol. The third kappa shape index (κ3) is 2.50. The number of nitrogens with one attached hydrogen (secondary N) is 1. The zero-order valence-corrected chi connectivity index (χ0v) is 6.97. The third-order valence-corrected chi connectivity index (χ3v) is 2.39. The summed E-state index contributed by atoms with van der Waals surface area (Å²) in [4.78, 5) is 10.5. The van der Waals surface area contributed by atoms with E-state index in [4.69, 9.17) is 5.73 Å². The Morgan fingerprint density at radius 1 is 1.73 bits per heavy atom. The molecule has 1 aliphatic rings. The van der Waals surface area contributed by atoms with Gasteiger partial charge in [0.15, 0.2) is 0 Å². The highest BCUT2D eigenvalue weighted by atomic mass is 16.1. The Morgan fingerprint density at radius 2 is 2.45 bits per heavy atom. The third-order valence-electron chi connectivity index (χ3n) is 2.39.